The summed E-state index contributed by atoms with van der Waals surface area (Å²) in [6.45, 7) is 0.326. The molecule has 0 aliphatic rings. The van der Waals surface area contributed by atoms with E-state index in [1.165, 1.54) is 0 Å². The summed E-state index contributed by atoms with van der Waals surface area (Å²) in [7, 11) is 0. The van der Waals surface area contributed by atoms with E-state index in [-0.39, 0.29) is 12.5 Å². The van der Waals surface area contributed by atoms with Crippen LogP contribution in [0.15, 0.2) is 30.3 Å². The molecule has 2 rings (SSSR count). The molecule has 5 N–H and O–H groups in total. The van der Waals surface area contributed by atoms with E-state index in [1.807, 2.05) is 30.3 Å². The van der Waals surface area contributed by atoms with Crippen LogP contribution in [0.2, 0.25) is 0 Å². The molecular weight excluding hydrogens is 362 g/mol. The normalized spacial score (nSPS) is 11.6. The third-order valence-corrected chi connectivity index (χ3v) is 4.20. The summed E-state index contributed by atoms with van der Waals surface area (Å²) in [5, 5.41) is 23.4. The first-order valence-electron chi connectivity index (χ1n) is 7.64. The fourth-order valence-electron chi connectivity index (χ4n) is 2.05. The van der Waals surface area contributed by atoms with Gasteiger partial charge in [0.2, 0.25) is 11.0 Å². The lowest BCUT2D eigenvalue weighted by molar-refractivity contribution is -0.122. The van der Waals surface area contributed by atoms with Gasteiger partial charge in [0.15, 0.2) is 3.95 Å². The number of aliphatic hydroxyl groups is 1. The van der Waals surface area contributed by atoms with Crippen molar-refractivity contribution in [3.63, 3.8) is 0 Å². The van der Waals surface area contributed by atoms with Crippen molar-refractivity contribution in [1.82, 2.24) is 20.8 Å². The average Bonchev–Trinajstić information content (AvgIpc) is 3.00. The highest BCUT2D eigenvalue weighted by Gasteiger charge is 2.21. The predicted molar refractivity (Wildman–Crippen MR) is 98.1 cm³/mol. The molecule has 25 heavy (non-hydrogen) atoms. The molecule has 0 unspecified atom stereocenters. The van der Waals surface area contributed by atoms with E-state index >= 15 is 0 Å². The van der Waals surface area contributed by atoms with Gasteiger partial charge in [0.1, 0.15) is 6.04 Å². The summed E-state index contributed by atoms with van der Waals surface area (Å²) in [6.07, 6.45) is 0.794. The first kappa shape index (κ1) is 19.0. The maximum atomic E-state index is 12.3. The molecular formula is C15H19N5O3S2. The molecule has 0 bridgehead atoms. The van der Waals surface area contributed by atoms with Crippen molar-refractivity contribution in [3.05, 3.63) is 39.8 Å². The molecule has 0 radical (unpaired) electrons. The minimum atomic E-state index is -0.756. The Labute approximate surface area is 153 Å². The topological polar surface area (TPSA) is 119 Å². The summed E-state index contributed by atoms with van der Waals surface area (Å²) in [6, 6.07) is 8.08. The largest absolute Gasteiger partial charge is 0.396 e. The minimum absolute atomic E-state index is 0.0124. The number of aromatic amines is 1. The van der Waals surface area contributed by atoms with Crippen molar-refractivity contribution < 1.29 is 14.7 Å². The highest BCUT2D eigenvalue weighted by molar-refractivity contribution is 7.73. The van der Waals surface area contributed by atoms with E-state index in [1.54, 1.807) is 0 Å². The Morgan fingerprint density at radius 1 is 1.32 bits per heavy atom. The van der Waals surface area contributed by atoms with Crippen LogP contribution in [0.1, 0.15) is 12.0 Å². The van der Waals surface area contributed by atoms with Crippen LogP contribution in [0.5, 0.6) is 0 Å². The van der Waals surface area contributed by atoms with E-state index in [0.29, 0.717) is 28.5 Å². The van der Waals surface area contributed by atoms with Crippen molar-refractivity contribution in [2.45, 2.75) is 18.9 Å². The standard InChI is InChI=1S/C15H19N5O3S2/c21-8-4-7-16-12(22)11(9-10-5-2-1-3-6-10)17-13(23)18-14-19-20-15(24)25-14/h1-3,5-6,11,21H,4,7-9H2,(H,16,22)(H,20,24)(H2,17,18,19,23)/t11-/m0/s1. The van der Waals surface area contributed by atoms with E-state index in [2.05, 4.69) is 26.1 Å². The van der Waals surface area contributed by atoms with Gasteiger partial charge in [-0.25, -0.2) is 4.79 Å². The molecule has 0 fully saturated rings. The second kappa shape index (κ2) is 9.87. The van der Waals surface area contributed by atoms with Gasteiger partial charge >= 0.3 is 6.03 Å². The Hall–Kier alpha value is -2.30. The molecule has 134 valence electrons. The number of H-pyrrole nitrogens is 1. The van der Waals surface area contributed by atoms with E-state index in [4.69, 9.17) is 17.3 Å². The van der Waals surface area contributed by atoms with Crippen molar-refractivity contribution in [1.29, 1.82) is 0 Å². The molecule has 1 aromatic carbocycles. The number of hydrogen-bond donors (Lipinski definition) is 5. The van der Waals surface area contributed by atoms with Crippen LogP contribution < -0.4 is 16.0 Å². The average molecular weight is 381 g/mol. The first-order valence-corrected chi connectivity index (χ1v) is 8.86. The number of benzene rings is 1. The van der Waals surface area contributed by atoms with Crippen molar-refractivity contribution in [3.8, 4) is 0 Å². The van der Waals surface area contributed by atoms with Gasteiger partial charge < -0.3 is 15.7 Å². The van der Waals surface area contributed by atoms with Crippen LogP contribution in [0.4, 0.5) is 9.93 Å². The Morgan fingerprint density at radius 3 is 2.72 bits per heavy atom. The fourth-order valence-corrected chi connectivity index (χ4v) is 2.83. The molecule has 10 heteroatoms. The van der Waals surface area contributed by atoms with Crippen LogP contribution in [-0.4, -0.2) is 46.4 Å². The maximum absolute atomic E-state index is 12.3. The zero-order valence-corrected chi connectivity index (χ0v) is 15.0. The summed E-state index contributed by atoms with van der Waals surface area (Å²) in [4.78, 5) is 24.5. The molecule has 0 spiro atoms. The zero-order valence-electron chi connectivity index (χ0n) is 13.3. The quantitative estimate of drug-likeness (QED) is 0.350. The summed E-state index contributed by atoms with van der Waals surface area (Å²) >= 11 is 6.03. The van der Waals surface area contributed by atoms with E-state index < -0.39 is 12.1 Å². The van der Waals surface area contributed by atoms with Crippen molar-refractivity contribution in [2.75, 3.05) is 18.5 Å². The monoisotopic (exact) mass is 381 g/mol. The van der Waals surface area contributed by atoms with Gasteiger partial charge in [0.25, 0.3) is 0 Å². The molecule has 0 saturated carbocycles. The lowest BCUT2D eigenvalue weighted by Crippen LogP contribution is -2.49. The van der Waals surface area contributed by atoms with Crippen LogP contribution in [0, 0.1) is 3.95 Å². The van der Waals surface area contributed by atoms with Gasteiger partial charge in [0.05, 0.1) is 0 Å². The number of amides is 3. The van der Waals surface area contributed by atoms with Gasteiger partial charge in [-0.05, 0) is 24.2 Å². The number of carbonyl (C=O) groups is 2. The summed E-state index contributed by atoms with van der Waals surface area (Å²) in [5.74, 6) is -0.317. The van der Waals surface area contributed by atoms with Gasteiger partial charge in [-0.1, -0.05) is 41.7 Å². The Bertz CT molecular complexity index is 747. The van der Waals surface area contributed by atoms with Crippen LogP contribution in [0.3, 0.4) is 0 Å². The molecule has 0 saturated heterocycles. The summed E-state index contributed by atoms with van der Waals surface area (Å²) in [5.41, 5.74) is 0.917. The second-order valence-corrected chi connectivity index (χ2v) is 6.79. The number of carbonyl (C=O) groups excluding carboxylic acids is 2. The number of anilines is 1. The highest BCUT2D eigenvalue weighted by Crippen LogP contribution is 2.10. The number of rotatable bonds is 8. The molecule has 0 aliphatic heterocycles. The lowest BCUT2D eigenvalue weighted by Gasteiger charge is -2.18. The molecule has 3 amide bonds. The van der Waals surface area contributed by atoms with Crippen LogP contribution in [-0.2, 0) is 11.2 Å². The van der Waals surface area contributed by atoms with Crippen molar-refractivity contribution in [2.24, 2.45) is 0 Å². The van der Waals surface area contributed by atoms with Crippen LogP contribution in [0.25, 0.3) is 0 Å². The number of aliphatic hydroxyl groups excluding tert-OH is 1. The number of nitrogens with one attached hydrogen (secondary N) is 4. The molecule has 1 aromatic heterocycles. The second-order valence-electron chi connectivity index (χ2n) is 5.13. The van der Waals surface area contributed by atoms with Crippen LogP contribution >= 0.6 is 23.6 Å². The number of nitrogens with zero attached hydrogens (tertiary/aromatic N) is 1. The smallest absolute Gasteiger partial charge is 0.321 e. The summed E-state index contributed by atoms with van der Waals surface area (Å²) < 4.78 is 0.442. The van der Waals surface area contributed by atoms with E-state index in [9.17, 15) is 9.59 Å². The number of hydrogen-bond acceptors (Lipinski definition) is 6. The van der Waals surface area contributed by atoms with Crippen molar-refractivity contribution >= 4 is 40.6 Å². The molecule has 0 aliphatic carbocycles. The van der Waals surface area contributed by atoms with Gasteiger partial charge in [0, 0.05) is 19.6 Å². The predicted octanol–water partition coefficient (Wildman–Crippen LogP) is 1.43. The van der Waals surface area contributed by atoms with Gasteiger partial charge in [-0.15, -0.1) is 5.10 Å². The highest BCUT2D eigenvalue weighted by atomic mass is 32.1. The van der Waals surface area contributed by atoms with Gasteiger partial charge in [-0.3, -0.25) is 15.2 Å². The molecule has 1 atom stereocenters. The Morgan fingerprint density at radius 2 is 2.08 bits per heavy atom. The molecule has 2 aromatic rings. The fraction of sp³-hybridized carbons (Fsp3) is 0.333. The third-order valence-electron chi connectivity index (χ3n) is 3.20. The minimum Gasteiger partial charge on any atom is -0.396 e. The zero-order chi connectivity index (χ0) is 18.1. The Balaban J connectivity index is 2.00. The number of urea groups is 1. The first-order chi connectivity index (χ1) is 12.1. The van der Waals surface area contributed by atoms with Gasteiger partial charge in [-0.2, -0.15) is 0 Å². The Kier molecular flexibility index (Phi) is 7.51. The third kappa shape index (κ3) is 6.61. The molecule has 1 heterocycles. The molecule has 8 nitrogen and oxygen atoms in total. The maximum Gasteiger partial charge on any atom is 0.321 e. The SMILES string of the molecule is O=C(Nc1n[nH]c(=S)s1)N[C@@H](Cc1ccccc1)C(=O)NCCCO. The number of aromatic nitrogens is 2. The lowest BCUT2D eigenvalue weighted by atomic mass is 10.1. The van der Waals surface area contributed by atoms with E-state index in [0.717, 1.165) is 16.9 Å².